The van der Waals surface area contributed by atoms with Crippen LogP contribution in [0, 0.1) is 0 Å². The van der Waals surface area contributed by atoms with E-state index < -0.39 is 0 Å². The van der Waals surface area contributed by atoms with Crippen LogP contribution >= 0.6 is 0 Å². The van der Waals surface area contributed by atoms with E-state index in [4.69, 9.17) is 28.8 Å². The van der Waals surface area contributed by atoms with E-state index >= 15 is 0 Å². The molecule has 0 amide bonds. The van der Waals surface area contributed by atoms with Gasteiger partial charge in [-0.05, 0) is 46.8 Å². The molecule has 0 bridgehead atoms. The molecule has 0 aliphatic rings. The first-order valence-corrected chi connectivity index (χ1v) is 16.5. The maximum absolute atomic E-state index is 6.61. The zero-order chi connectivity index (χ0) is 33.0. The first-order chi connectivity index (χ1) is 24.7. The third-order valence-corrected chi connectivity index (χ3v) is 9.16. The van der Waals surface area contributed by atoms with Gasteiger partial charge in [0.25, 0.3) is 0 Å². The monoisotopic (exact) mass is 642 g/mol. The highest BCUT2D eigenvalue weighted by Gasteiger charge is 2.18. The second-order valence-corrected chi connectivity index (χ2v) is 12.3. The fourth-order valence-corrected chi connectivity index (χ4v) is 6.72. The van der Waals surface area contributed by atoms with Crippen LogP contribution in [0.4, 0.5) is 0 Å². The van der Waals surface area contributed by atoms with Crippen molar-refractivity contribution in [2.45, 2.75) is 0 Å². The van der Waals surface area contributed by atoms with E-state index in [-0.39, 0.29) is 0 Å². The van der Waals surface area contributed by atoms with Crippen molar-refractivity contribution in [2.24, 2.45) is 0 Å². The molecule has 10 rings (SSSR count). The summed E-state index contributed by atoms with van der Waals surface area (Å²) in [6, 6.07) is 53.0. The molecule has 0 radical (unpaired) electrons. The smallest absolute Gasteiger partial charge is 0.227 e. The summed E-state index contributed by atoms with van der Waals surface area (Å²) < 4.78 is 12.8. The normalized spacial score (nSPS) is 11.6. The highest BCUT2D eigenvalue weighted by molar-refractivity contribution is 6.25. The minimum atomic E-state index is 0.521. The molecule has 0 saturated carbocycles. The third kappa shape index (κ3) is 4.73. The van der Waals surface area contributed by atoms with Gasteiger partial charge in [0.1, 0.15) is 16.7 Å². The average Bonchev–Trinajstić information content (AvgIpc) is 3.81. The largest absolute Gasteiger partial charge is 0.456 e. The van der Waals surface area contributed by atoms with Gasteiger partial charge in [-0.25, -0.2) is 19.9 Å². The molecule has 50 heavy (non-hydrogen) atoms. The molecule has 10 aromatic rings. The molecule has 0 spiro atoms. The highest BCUT2D eigenvalue weighted by Crippen LogP contribution is 2.40. The standard InChI is InChI=1S/C44H26N4O2/c1-3-10-27(11-4-1)28-18-20-31(21-19-28)42-46-41(30-12-5-2-6-13-30)47-43(48-42)32-14-9-15-33(26-32)44-45-35-24-22-29-23-25-37-39(38(29)40(35)50-44)34-16-7-8-17-36(34)49-37/h1-26H. The lowest BCUT2D eigenvalue weighted by molar-refractivity contribution is 0.623. The lowest BCUT2D eigenvalue weighted by Crippen LogP contribution is -2.00. The van der Waals surface area contributed by atoms with Crippen molar-refractivity contribution in [3.63, 3.8) is 0 Å². The maximum Gasteiger partial charge on any atom is 0.227 e. The number of benzene rings is 7. The van der Waals surface area contributed by atoms with Crippen LogP contribution in [0.2, 0.25) is 0 Å². The van der Waals surface area contributed by atoms with E-state index in [1.54, 1.807) is 0 Å². The van der Waals surface area contributed by atoms with Crippen molar-refractivity contribution in [3.8, 4) is 56.7 Å². The van der Waals surface area contributed by atoms with E-state index in [2.05, 4.69) is 54.6 Å². The first-order valence-electron chi connectivity index (χ1n) is 16.5. The molecule has 0 fully saturated rings. The Morgan fingerprint density at radius 1 is 0.360 bits per heavy atom. The molecule has 3 aromatic heterocycles. The molecule has 0 saturated heterocycles. The summed E-state index contributed by atoms with van der Waals surface area (Å²) in [7, 11) is 0. The predicted octanol–water partition coefficient (Wildman–Crippen LogP) is 11.4. The molecule has 7 aromatic carbocycles. The molecule has 0 N–H and O–H groups in total. The Morgan fingerprint density at radius 3 is 1.72 bits per heavy atom. The van der Waals surface area contributed by atoms with E-state index in [0.717, 1.165) is 77.2 Å². The van der Waals surface area contributed by atoms with E-state index in [1.165, 1.54) is 0 Å². The molecular weight excluding hydrogens is 617 g/mol. The number of hydrogen-bond donors (Lipinski definition) is 0. The number of aromatic nitrogens is 4. The zero-order valence-corrected chi connectivity index (χ0v) is 26.6. The molecule has 0 unspecified atom stereocenters. The molecule has 6 heteroatoms. The van der Waals surface area contributed by atoms with Gasteiger partial charge in [0.2, 0.25) is 5.89 Å². The molecule has 3 heterocycles. The Kier molecular flexibility index (Phi) is 6.39. The van der Waals surface area contributed by atoms with Crippen LogP contribution in [0.3, 0.4) is 0 Å². The Morgan fingerprint density at radius 2 is 0.940 bits per heavy atom. The van der Waals surface area contributed by atoms with Crippen molar-refractivity contribution >= 4 is 43.8 Å². The lowest BCUT2D eigenvalue weighted by atomic mass is 10.0. The van der Waals surface area contributed by atoms with Crippen molar-refractivity contribution < 1.29 is 8.83 Å². The molecule has 234 valence electrons. The predicted molar refractivity (Wildman–Crippen MR) is 199 cm³/mol. The Balaban J connectivity index is 1.10. The number of nitrogens with zero attached hydrogens (tertiary/aromatic N) is 4. The van der Waals surface area contributed by atoms with E-state index in [1.807, 2.05) is 103 Å². The van der Waals surface area contributed by atoms with Crippen LogP contribution in [0.1, 0.15) is 0 Å². The van der Waals surface area contributed by atoms with E-state index in [0.29, 0.717) is 23.4 Å². The van der Waals surface area contributed by atoms with Crippen LogP contribution in [-0.4, -0.2) is 19.9 Å². The van der Waals surface area contributed by atoms with Crippen LogP contribution in [-0.2, 0) is 0 Å². The summed E-state index contributed by atoms with van der Waals surface area (Å²) >= 11 is 0. The summed E-state index contributed by atoms with van der Waals surface area (Å²) in [6.45, 7) is 0. The van der Waals surface area contributed by atoms with Gasteiger partial charge in [0, 0.05) is 38.4 Å². The maximum atomic E-state index is 6.61. The van der Waals surface area contributed by atoms with E-state index in [9.17, 15) is 0 Å². The van der Waals surface area contributed by atoms with Crippen LogP contribution in [0.15, 0.2) is 167 Å². The molecule has 6 nitrogen and oxygen atoms in total. The van der Waals surface area contributed by atoms with Gasteiger partial charge < -0.3 is 8.83 Å². The SMILES string of the molecule is c1ccc(-c2ccc(-c3nc(-c4ccccc4)nc(-c4cccc(-c5nc6ccc7ccc8oc9ccccc9c8c7c6o5)c4)n3)cc2)cc1. The van der Waals surface area contributed by atoms with Gasteiger partial charge in [-0.2, -0.15) is 0 Å². The second kappa shape index (κ2) is 11.4. The van der Waals surface area contributed by atoms with Crippen LogP contribution < -0.4 is 0 Å². The Bertz CT molecular complexity index is 2860. The Labute approximate surface area is 286 Å². The Hall–Kier alpha value is -6.92. The number of fused-ring (bicyclic) bond motifs is 7. The van der Waals surface area contributed by atoms with Crippen LogP contribution in [0.5, 0.6) is 0 Å². The third-order valence-electron chi connectivity index (χ3n) is 9.16. The number of para-hydroxylation sites is 1. The molecule has 0 aliphatic heterocycles. The van der Waals surface area contributed by atoms with Crippen molar-refractivity contribution in [1.29, 1.82) is 0 Å². The summed E-state index contributed by atoms with van der Waals surface area (Å²) in [5.74, 6) is 2.29. The quantitative estimate of drug-likeness (QED) is 0.186. The number of rotatable bonds is 5. The van der Waals surface area contributed by atoms with Crippen LogP contribution in [0.25, 0.3) is 101 Å². The molecular formula is C44H26N4O2. The highest BCUT2D eigenvalue weighted by atomic mass is 16.3. The number of furan rings is 1. The van der Waals surface area contributed by atoms with Gasteiger partial charge in [0.05, 0.1) is 0 Å². The fourth-order valence-electron chi connectivity index (χ4n) is 6.72. The fraction of sp³-hybridized carbons (Fsp3) is 0. The van der Waals surface area contributed by atoms with Gasteiger partial charge in [-0.15, -0.1) is 0 Å². The van der Waals surface area contributed by atoms with Crippen molar-refractivity contribution in [2.75, 3.05) is 0 Å². The first kappa shape index (κ1) is 28.1. The van der Waals surface area contributed by atoms with Crippen molar-refractivity contribution in [3.05, 3.63) is 158 Å². The van der Waals surface area contributed by atoms with Gasteiger partial charge >= 0.3 is 0 Å². The van der Waals surface area contributed by atoms with Gasteiger partial charge in [0.15, 0.2) is 23.1 Å². The summed E-state index contributed by atoms with van der Waals surface area (Å²) in [4.78, 5) is 19.8. The number of oxazole rings is 1. The minimum Gasteiger partial charge on any atom is -0.456 e. The topological polar surface area (TPSA) is 77.8 Å². The average molecular weight is 643 g/mol. The molecule has 0 atom stereocenters. The zero-order valence-electron chi connectivity index (χ0n) is 26.6. The second-order valence-electron chi connectivity index (χ2n) is 12.3. The van der Waals surface area contributed by atoms with Gasteiger partial charge in [-0.1, -0.05) is 127 Å². The summed E-state index contributed by atoms with van der Waals surface area (Å²) in [5, 5.41) is 4.14. The minimum absolute atomic E-state index is 0.521. The number of hydrogen-bond acceptors (Lipinski definition) is 6. The summed E-state index contributed by atoms with van der Waals surface area (Å²) in [5.41, 5.74) is 8.95. The van der Waals surface area contributed by atoms with Crippen molar-refractivity contribution in [1.82, 2.24) is 19.9 Å². The lowest BCUT2D eigenvalue weighted by Gasteiger charge is -2.09. The molecule has 0 aliphatic carbocycles. The van der Waals surface area contributed by atoms with Gasteiger partial charge in [-0.3, -0.25) is 0 Å². The summed E-state index contributed by atoms with van der Waals surface area (Å²) in [6.07, 6.45) is 0.